The molecular formula is C31H54N2O15. The fourth-order valence-corrected chi connectivity index (χ4v) is 3.69. The third-order valence-corrected chi connectivity index (χ3v) is 6.06. The van der Waals surface area contributed by atoms with Crippen LogP contribution in [0.1, 0.15) is 52.9 Å². The molecule has 1 aliphatic rings. The Morgan fingerprint density at radius 3 is 1.44 bits per heavy atom. The van der Waals surface area contributed by atoms with Crippen LogP contribution in [0.4, 0.5) is 4.79 Å². The van der Waals surface area contributed by atoms with Gasteiger partial charge in [0.05, 0.1) is 99.1 Å². The molecule has 0 unspecified atom stereocenters. The average Bonchev–Trinajstić information content (AvgIpc) is 3.34. The Balaban J connectivity index is 2.04. The van der Waals surface area contributed by atoms with Crippen molar-refractivity contribution in [3.63, 3.8) is 0 Å². The highest BCUT2D eigenvalue weighted by molar-refractivity contribution is 6.01. The van der Waals surface area contributed by atoms with Gasteiger partial charge in [-0.1, -0.05) is 0 Å². The van der Waals surface area contributed by atoms with Gasteiger partial charge < -0.3 is 52.8 Å². The largest absolute Gasteiger partial charge is 0.444 e. The van der Waals surface area contributed by atoms with Crippen LogP contribution in [0.15, 0.2) is 0 Å². The second kappa shape index (κ2) is 27.1. The summed E-state index contributed by atoms with van der Waals surface area (Å²) in [7, 11) is 1.63. The molecule has 0 radical (unpaired) electrons. The maximum absolute atomic E-state index is 12.7. The summed E-state index contributed by atoms with van der Waals surface area (Å²) in [6.45, 7) is 11.4. The molecule has 1 N–H and O–H groups in total. The van der Waals surface area contributed by atoms with Crippen molar-refractivity contribution in [3.8, 4) is 0 Å². The van der Waals surface area contributed by atoms with E-state index >= 15 is 0 Å². The van der Waals surface area contributed by atoms with Gasteiger partial charge in [0.25, 0.3) is 11.8 Å². The minimum absolute atomic E-state index is 0.0738. The van der Waals surface area contributed by atoms with E-state index < -0.39 is 35.5 Å². The lowest BCUT2D eigenvalue weighted by Gasteiger charge is -2.23. The van der Waals surface area contributed by atoms with Gasteiger partial charge in [-0.3, -0.25) is 14.4 Å². The molecule has 278 valence electrons. The maximum atomic E-state index is 12.7. The summed E-state index contributed by atoms with van der Waals surface area (Å²) in [5, 5.41) is 2.73. The second-order valence-electron chi connectivity index (χ2n) is 11.3. The number of ether oxygens (including phenoxy) is 9. The molecule has 0 aromatic heterocycles. The molecule has 1 atom stereocenters. The molecule has 0 aromatic rings. The summed E-state index contributed by atoms with van der Waals surface area (Å²) < 4.78 is 47.9. The fourth-order valence-electron chi connectivity index (χ4n) is 3.69. The Labute approximate surface area is 282 Å². The Morgan fingerprint density at radius 1 is 0.646 bits per heavy atom. The molecule has 48 heavy (non-hydrogen) atoms. The van der Waals surface area contributed by atoms with E-state index in [9.17, 15) is 24.0 Å². The van der Waals surface area contributed by atoms with E-state index in [1.54, 1.807) is 27.9 Å². The first-order valence-electron chi connectivity index (χ1n) is 16.2. The highest BCUT2D eigenvalue weighted by Crippen LogP contribution is 2.15. The lowest BCUT2D eigenvalue weighted by molar-refractivity contribution is -0.199. The molecule has 1 fully saturated rings. The predicted octanol–water partition coefficient (Wildman–Crippen LogP) is 0.989. The van der Waals surface area contributed by atoms with Crippen LogP contribution in [0, 0.1) is 0 Å². The van der Waals surface area contributed by atoms with E-state index in [0.717, 1.165) is 0 Å². The lowest BCUT2D eigenvalue weighted by Crippen LogP contribution is -2.47. The van der Waals surface area contributed by atoms with Crippen molar-refractivity contribution in [2.24, 2.45) is 0 Å². The molecule has 1 rings (SSSR count). The van der Waals surface area contributed by atoms with Crippen LogP contribution in [0.3, 0.4) is 0 Å². The number of amides is 3. The van der Waals surface area contributed by atoms with E-state index in [2.05, 4.69) is 5.32 Å². The minimum atomic E-state index is -1.32. The number of imide groups is 1. The molecule has 1 aliphatic heterocycles. The van der Waals surface area contributed by atoms with Gasteiger partial charge in [0, 0.05) is 32.8 Å². The van der Waals surface area contributed by atoms with Gasteiger partial charge in [0.15, 0.2) is 0 Å². The summed E-state index contributed by atoms with van der Waals surface area (Å²) in [6, 6.07) is -1.32. The molecule has 0 saturated carbocycles. The number of hydrogen-bond donors (Lipinski definition) is 1. The summed E-state index contributed by atoms with van der Waals surface area (Å²) in [4.78, 5) is 65.8. The zero-order valence-corrected chi connectivity index (χ0v) is 28.8. The van der Waals surface area contributed by atoms with Gasteiger partial charge in [-0.15, -0.1) is 5.06 Å². The number of carbonyl (C=O) groups is 5. The Morgan fingerprint density at radius 2 is 1.04 bits per heavy atom. The van der Waals surface area contributed by atoms with Crippen LogP contribution < -0.4 is 5.32 Å². The summed E-state index contributed by atoms with van der Waals surface area (Å²) >= 11 is 0. The van der Waals surface area contributed by atoms with E-state index in [1.807, 2.05) is 0 Å². The van der Waals surface area contributed by atoms with Crippen molar-refractivity contribution in [1.82, 2.24) is 10.4 Å². The zero-order valence-electron chi connectivity index (χ0n) is 28.8. The number of alkyl carbamates (subject to hydrolysis) is 1. The third kappa shape index (κ3) is 23.5. The molecule has 17 nitrogen and oxygen atoms in total. The maximum Gasteiger partial charge on any atom is 0.408 e. The summed E-state index contributed by atoms with van der Waals surface area (Å²) in [5.41, 5.74) is -0.841. The first-order chi connectivity index (χ1) is 23.0. The quantitative estimate of drug-likeness (QED) is 0.0826. The van der Waals surface area contributed by atoms with Crippen LogP contribution in [-0.2, 0) is 66.6 Å². The van der Waals surface area contributed by atoms with Gasteiger partial charge in [0.2, 0.25) is 0 Å². The van der Waals surface area contributed by atoms with Gasteiger partial charge >= 0.3 is 12.1 Å². The van der Waals surface area contributed by atoms with E-state index in [0.29, 0.717) is 91.0 Å². The second-order valence-corrected chi connectivity index (χ2v) is 11.3. The number of rotatable bonds is 30. The normalized spacial score (nSPS) is 14.0. The first kappa shape index (κ1) is 43.3. The molecule has 0 aliphatic carbocycles. The predicted molar refractivity (Wildman–Crippen MR) is 167 cm³/mol. The Bertz CT molecular complexity index is 912. The van der Waals surface area contributed by atoms with Gasteiger partial charge in [-0.05, 0) is 27.2 Å². The van der Waals surface area contributed by atoms with Crippen molar-refractivity contribution in [2.75, 3.05) is 106 Å². The molecule has 0 spiro atoms. The number of carbonyl (C=O) groups excluding carboxylic acids is 5. The molecule has 1 saturated heterocycles. The van der Waals surface area contributed by atoms with Crippen LogP contribution >= 0.6 is 0 Å². The number of nitrogens with zero attached hydrogens (tertiary/aromatic N) is 1. The fraction of sp³-hybridized carbons (Fsp3) is 0.839. The molecule has 3 amide bonds. The van der Waals surface area contributed by atoms with Crippen LogP contribution in [0.2, 0.25) is 0 Å². The number of methoxy groups -OCH3 is 1. The van der Waals surface area contributed by atoms with Crippen LogP contribution in [0.5, 0.6) is 0 Å². The minimum Gasteiger partial charge on any atom is -0.444 e. The summed E-state index contributed by atoms with van der Waals surface area (Å²) in [5.74, 6) is -2.60. The van der Waals surface area contributed by atoms with Crippen molar-refractivity contribution in [3.05, 3.63) is 0 Å². The van der Waals surface area contributed by atoms with Crippen molar-refractivity contribution in [2.45, 2.75) is 64.5 Å². The van der Waals surface area contributed by atoms with Gasteiger partial charge in [-0.25, -0.2) is 9.59 Å². The topological polar surface area (TPSA) is 193 Å². The van der Waals surface area contributed by atoms with E-state index in [-0.39, 0.29) is 51.1 Å². The highest BCUT2D eigenvalue weighted by Gasteiger charge is 2.36. The Kier molecular flexibility index (Phi) is 24.4. The molecule has 17 heteroatoms. The van der Waals surface area contributed by atoms with Crippen molar-refractivity contribution in [1.29, 1.82) is 0 Å². The zero-order chi connectivity index (χ0) is 35.5. The lowest BCUT2D eigenvalue weighted by atomic mass is 10.1. The number of ketones is 1. The van der Waals surface area contributed by atoms with Crippen LogP contribution in [0.25, 0.3) is 0 Å². The molecular weight excluding hydrogens is 640 g/mol. The third-order valence-electron chi connectivity index (χ3n) is 6.06. The number of hydrogen-bond acceptors (Lipinski definition) is 15. The first-order valence-corrected chi connectivity index (χ1v) is 16.2. The monoisotopic (exact) mass is 694 g/mol. The molecule has 0 bridgehead atoms. The van der Waals surface area contributed by atoms with Crippen molar-refractivity contribution >= 4 is 29.7 Å². The van der Waals surface area contributed by atoms with Gasteiger partial charge in [0.1, 0.15) is 17.4 Å². The van der Waals surface area contributed by atoms with Crippen LogP contribution in [-0.4, -0.2) is 153 Å². The number of hydroxylamine groups is 2. The van der Waals surface area contributed by atoms with E-state index in [1.165, 1.54) is 0 Å². The number of Topliss-reactive ketones (excluding diaryl/α,β-unsaturated/α-hetero) is 1. The molecule has 0 aromatic carbocycles. The number of nitrogens with one attached hydrogen (secondary N) is 1. The van der Waals surface area contributed by atoms with E-state index in [4.69, 9.17) is 47.5 Å². The van der Waals surface area contributed by atoms with Gasteiger partial charge in [-0.2, -0.15) is 0 Å². The Hall–Kier alpha value is -2.77. The SMILES string of the molecule is COCCOCCOCCOCCOCCOCCOCCOCCC(=O)CC[C@H](NC(=O)OC(C)(C)C)C(=O)ON1C(=O)CCC1=O. The smallest absolute Gasteiger partial charge is 0.408 e. The van der Waals surface area contributed by atoms with Crippen molar-refractivity contribution < 1.29 is 71.4 Å². The average molecular weight is 695 g/mol. The molecule has 1 heterocycles. The standard InChI is InChI=1S/C31H54N2O15/c1-31(2,3)47-30(38)32-26(29(37)48-33-27(35)7-8-28(33)36)6-5-25(34)9-10-40-13-14-42-17-18-44-21-22-46-24-23-45-20-19-43-16-15-41-12-11-39-4/h26H,5-24H2,1-4H3,(H,32,38)/t26-/m0/s1. The highest BCUT2D eigenvalue weighted by atomic mass is 16.7. The summed E-state index contributed by atoms with van der Waals surface area (Å²) in [6.07, 6.45) is -1.21.